The van der Waals surface area contributed by atoms with E-state index in [1.54, 1.807) is 0 Å². The summed E-state index contributed by atoms with van der Waals surface area (Å²) in [4.78, 5) is 0. The van der Waals surface area contributed by atoms with Gasteiger partial charge in [-0.25, -0.2) is 4.39 Å². The van der Waals surface area contributed by atoms with Crippen LogP contribution < -0.4 is 0 Å². The monoisotopic (exact) mass is 200 g/mol. The Morgan fingerprint density at radius 3 is 2.21 bits per heavy atom. The molecule has 0 atom stereocenters. The van der Waals surface area contributed by atoms with Crippen molar-refractivity contribution in [2.24, 2.45) is 11.3 Å². The van der Waals surface area contributed by atoms with E-state index in [0.29, 0.717) is 11.3 Å². The molecule has 14 heavy (non-hydrogen) atoms. The zero-order chi connectivity index (χ0) is 10.8. The zero-order valence-electron chi connectivity index (χ0n) is 9.44. The first-order chi connectivity index (χ1) is 6.45. The minimum atomic E-state index is -0.421. The highest BCUT2D eigenvalue weighted by Crippen LogP contribution is 2.40. The van der Waals surface area contributed by atoms with E-state index in [4.69, 9.17) is 5.11 Å². The molecule has 0 aromatic heterocycles. The van der Waals surface area contributed by atoms with Crippen molar-refractivity contribution < 1.29 is 9.50 Å². The first-order valence-electron chi connectivity index (χ1n) is 5.42. The second kappa shape index (κ2) is 4.43. The smallest absolute Gasteiger partial charge is 0.124 e. The number of rotatable bonds is 1. The Balaban J connectivity index is 2.55. The lowest BCUT2D eigenvalue weighted by Crippen LogP contribution is -2.23. The van der Waals surface area contributed by atoms with Gasteiger partial charge in [-0.1, -0.05) is 20.8 Å². The van der Waals surface area contributed by atoms with Gasteiger partial charge in [0.15, 0.2) is 0 Å². The highest BCUT2D eigenvalue weighted by molar-refractivity contribution is 5.11. The lowest BCUT2D eigenvalue weighted by Gasteiger charge is -2.34. The summed E-state index contributed by atoms with van der Waals surface area (Å²) in [6, 6.07) is 0. The average molecular weight is 200 g/mol. The van der Waals surface area contributed by atoms with Crippen LogP contribution in [0.5, 0.6) is 0 Å². The van der Waals surface area contributed by atoms with Gasteiger partial charge in [0, 0.05) is 0 Å². The molecule has 1 rings (SSSR count). The van der Waals surface area contributed by atoms with Crippen molar-refractivity contribution in [1.29, 1.82) is 0 Å². The van der Waals surface area contributed by atoms with E-state index in [1.807, 2.05) is 0 Å². The van der Waals surface area contributed by atoms with Gasteiger partial charge in [0.25, 0.3) is 0 Å². The molecule has 1 saturated carbocycles. The van der Waals surface area contributed by atoms with Crippen molar-refractivity contribution >= 4 is 0 Å². The van der Waals surface area contributed by atoms with Gasteiger partial charge in [0.1, 0.15) is 5.83 Å². The van der Waals surface area contributed by atoms with Crippen molar-refractivity contribution in [2.75, 3.05) is 6.61 Å². The molecule has 0 unspecified atom stereocenters. The molecule has 0 aromatic carbocycles. The minimum Gasteiger partial charge on any atom is -0.389 e. The van der Waals surface area contributed by atoms with Gasteiger partial charge in [0.2, 0.25) is 0 Å². The SMILES string of the molecule is CC(C)(C)C1CCC(=C(F)CO)CC1. The van der Waals surface area contributed by atoms with Crippen LogP contribution in [0.1, 0.15) is 46.5 Å². The van der Waals surface area contributed by atoms with Crippen LogP contribution in [0.2, 0.25) is 0 Å². The third kappa shape index (κ3) is 2.81. The summed E-state index contributed by atoms with van der Waals surface area (Å²) in [6.07, 6.45) is 3.78. The van der Waals surface area contributed by atoms with Crippen LogP contribution in [0.3, 0.4) is 0 Å². The van der Waals surface area contributed by atoms with Gasteiger partial charge in [-0.05, 0) is 42.6 Å². The van der Waals surface area contributed by atoms with E-state index in [2.05, 4.69) is 20.8 Å². The summed E-state index contributed by atoms with van der Waals surface area (Å²) >= 11 is 0. The highest BCUT2D eigenvalue weighted by Gasteiger charge is 2.28. The van der Waals surface area contributed by atoms with Crippen LogP contribution in [0.15, 0.2) is 11.4 Å². The molecular formula is C12H21FO. The number of halogens is 1. The molecule has 0 radical (unpaired) electrons. The number of hydrogen-bond acceptors (Lipinski definition) is 1. The summed E-state index contributed by atoms with van der Waals surface area (Å²) in [6.45, 7) is 6.31. The molecule has 1 fully saturated rings. The maximum atomic E-state index is 13.1. The van der Waals surface area contributed by atoms with E-state index in [-0.39, 0.29) is 5.83 Å². The van der Waals surface area contributed by atoms with E-state index in [1.165, 1.54) is 0 Å². The van der Waals surface area contributed by atoms with Gasteiger partial charge in [0.05, 0.1) is 6.61 Å². The summed E-state index contributed by atoms with van der Waals surface area (Å²) in [5.74, 6) is 0.398. The number of allylic oxidation sites excluding steroid dienone is 1. The standard InChI is InChI=1S/C12H21FO/c1-12(2,3)10-6-4-9(5-7-10)11(13)8-14/h10,14H,4-8H2,1-3H3. The van der Waals surface area contributed by atoms with Gasteiger partial charge >= 0.3 is 0 Å². The van der Waals surface area contributed by atoms with Crippen LogP contribution in [-0.4, -0.2) is 11.7 Å². The summed E-state index contributed by atoms with van der Waals surface area (Å²) in [5.41, 5.74) is 1.18. The maximum absolute atomic E-state index is 13.1. The van der Waals surface area contributed by atoms with Crippen molar-refractivity contribution in [3.63, 3.8) is 0 Å². The lowest BCUT2D eigenvalue weighted by molar-refractivity contribution is 0.193. The second-order valence-corrected chi connectivity index (χ2v) is 5.31. The highest BCUT2D eigenvalue weighted by atomic mass is 19.1. The molecule has 82 valence electrons. The van der Waals surface area contributed by atoms with Crippen LogP contribution >= 0.6 is 0 Å². The molecular weight excluding hydrogens is 179 g/mol. The molecule has 1 aliphatic carbocycles. The molecule has 0 amide bonds. The van der Waals surface area contributed by atoms with E-state index in [9.17, 15) is 4.39 Å². The molecule has 0 heterocycles. The molecule has 1 aliphatic rings. The third-order valence-corrected chi connectivity index (χ3v) is 3.34. The van der Waals surface area contributed by atoms with Crippen LogP contribution in [-0.2, 0) is 0 Å². The molecule has 1 N–H and O–H groups in total. The topological polar surface area (TPSA) is 20.2 Å². The fourth-order valence-corrected chi connectivity index (χ4v) is 2.22. The quantitative estimate of drug-likeness (QED) is 0.687. The first kappa shape index (κ1) is 11.7. The normalized spacial score (nSPS) is 23.8. The van der Waals surface area contributed by atoms with Crippen LogP contribution in [0, 0.1) is 11.3 Å². The Kier molecular flexibility index (Phi) is 3.71. The Hall–Kier alpha value is -0.370. The van der Waals surface area contributed by atoms with Gasteiger partial charge in [-0.2, -0.15) is 0 Å². The fraction of sp³-hybridized carbons (Fsp3) is 0.833. The third-order valence-electron chi connectivity index (χ3n) is 3.34. The molecule has 0 aromatic rings. The van der Waals surface area contributed by atoms with Crippen molar-refractivity contribution in [1.82, 2.24) is 0 Å². The first-order valence-corrected chi connectivity index (χ1v) is 5.42. The Labute approximate surface area is 86.0 Å². The van der Waals surface area contributed by atoms with Crippen molar-refractivity contribution in [3.05, 3.63) is 11.4 Å². The number of aliphatic hydroxyl groups excluding tert-OH is 1. The van der Waals surface area contributed by atoms with Crippen LogP contribution in [0.25, 0.3) is 0 Å². The predicted molar refractivity (Wildman–Crippen MR) is 56.6 cm³/mol. The van der Waals surface area contributed by atoms with Gasteiger partial charge < -0.3 is 5.11 Å². The summed E-state index contributed by atoms with van der Waals surface area (Å²) < 4.78 is 13.1. The minimum absolute atomic E-state index is 0.294. The largest absolute Gasteiger partial charge is 0.389 e. The maximum Gasteiger partial charge on any atom is 0.124 e. The van der Waals surface area contributed by atoms with E-state index in [0.717, 1.165) is 31.3 Å². The van der Waals surface area contributed by atoms with Crippen molar-refractivity contribution in [3.8, 4) is 0 Å². The molecule has 2 heteroatoms. The Morgan fingerprint density at radius 2 is 1.86 bits per heavy atom. The van der Waals surface area contributed by atoms with Crippen LogP contribution in [0.4, 0.5) is 4.39 Å². The average Bonchev–Trinajstić information content (AvgIpc) is 2.15. The molecule has 0 bridgehead atoms. The number of hydrogen-bond donors (Lipinski definition) is 1. The summed E-state index contributed by atoms with van der Waals surface area (Å²) in [7, 11) is 0. The van der Waals surface area contributed by atoms with Gasteiger partial charge in [-0.3, -0.25) is 0 Å². The predicted octanol–water partition coefficient (Wildman–Crippen LogP) is 3.44. The van der Waals surface area contributed by atoms with E-state index < -0.39 is 6.61 Å². The molecule has 1 nitrogen and oxygen atoms in total. The van der Waals surface area contributed by atoms with E-state index >= 15 is 0 Å². The van der Waals surface area contributed by atoms with Gasteiger partial charge in [-0.15, -0.1) is 0 Å². The van der Waals surface area contributed by atoms with Crippen molar-refractivity contribution in [2.45, 2.75) is 46.5 Å². The summed E-state index contributed by atoms with van der Waals surface area (Å²) in [5, 5.41) is 8.68. The lowest BCUT2D eigenvalue weighted by atomic mass is 9.71. The number of aliphatic hydroxyl groups is 1. The molecule has 0 spiro atoms. The molecule has 0 saturated heterocycles. The Morgan fingerprint density at radius 1 is 1.36 bits per heavy atom. The zero-order valence-corrected chi connectivity index (χ0v) is 9.44. The fourth-order valence-electron chi connectivity index (χ4n) is 2.22. The molecule has 0 aliphatic heterocycles. The second-order valence-electron chi connectivity index (χ2n) is 5.31. The Bertz CT molecular complexity index is 215.